The van der Waals surface area contributed by atoms with Crippen LogP contribution < -0.4 is 4.67 Å². The van der Waals surface area contributed by atoms with Gasteiger partial charge in [-0.2, -0.15) is 0 Å². The summed E-state index contributed by atoms with van der Waals surface area (Å²) in [6.07, 6.45) is 0. The molecule has 0 amide bonds. The maximum Gasteiger partial charge on any atom is 0.328 e. The molecule has 0 bridgehead atoms. The molecular formula is C12H3F10NO4P2S2. The first-order valence-electron chi connectivity index (χ1n) is 6.87. The van der Waals surface area contributed by atoms with Crippen LogP contribution in [-0.2, 0) is 27.9 Å². The summed E-state index contributed by atoms with van der Waals surface area (Å²) in [7, 11) is 0. The van der Waals surface area contributed by atoms with Crippen LogP contribution in [0.4, 0.5) is 55.3 Å². The van der Waals surface area contributed by atoms with Gasteiger partial charge in [0.15, 0.2) is 46.5 Å². The molecule has 2 aromatic carbocycles. The van der Waals surface area contributed by atoms with Crippen molar-refractivity contribution in [3.05, 3.63) is 58.2 Å². The second-order valence-electron chi connectivity index (χ2n) is 5.21. The van der Waals surface area contributed by atoms with Crippen molar-refractivity contribution in [2.24, 2.45) is 0 Å². The Morgan fingerprint density at radius 2 is 0.742 bits per heavy atom. The molecule has 0 radical (unpaired) electrons. The van der Waals surface area contributed by atoms with E-state index in [9.17, 15) is 48.8 Å². The van der Waals surface area contributed by atoms with Gasteiger partial charge in [0.1, 0.15) is 11.4 Å². The molecule has 0 fully saturated rings. The lowest BCUT2D eigenvalue weighted by atomic mass is 10.2. The zero-order valence-electron chi connectivity index (χ0n) is 13.7. The molecule has 0 aliphatic rings. The summed E-state index contributed by atoms with van der Waals surface area (Å²) in [5, 5.41) is 0. The third-order valence-electron chi connectivity index (χ3n) is 3.26. The average Bonchev–Trinajstić information content (AvgIpc) is 2.64. The number of benzene rings is 2. The van der Waals surface area contributed by atoms with Gasteiger partial charge < -0.3 is 14.7 Å². The molecule has 0 saturated carbocycles. The highest BCUT2D eigenvalue weighted by molar-refractivity contribution is 8.16. The maximum absolute atomic E-state index is 14.2. The van der Waals surface area contributed by atoms with Crippen LogP contribution in [-0.4, -0.2) is 14.7 Å². The van der Waals surface area contributed by atoms with E-state index in [0.717, 1.165) is 0 Å². The van der Waals surface area contributed by atoms with Crippen molar-refractivity contribution in [1.29, 1.82) is 0 Å². The molecular weight excluding hydrogens is 538 g/mol. The average molecular weight is 541 g/mol. The topological polar surface area (TPSA) is 73.2 Å². The van der Waals surface area contributed by atoms with Crippen LogP contribution >= 0.6 is 13.4 Å². The zero-order chi connectivity index (χ0) is 24.2. The molecule has 31 heavy (non-hydrogen) atoms. The lowest BCUT2D eigenvalue weighted by Crippen LogP contribution is -2.23. The summed E-state index contributed by atoms with van der Waals surface area (Å²) < 4.78 is 141. The van der Waals surface area contributed by atoms with Crippen molar-refractivity contribution in [3.8, 4) is 0 Å². The molecule has 0 aliphatic heterocycles. The molecule has 0 aromatic heterocycles. The number of anilines is 2. The molecule has 1 unspecified atom stereocenters. The number of nitrogens with zero attached hydrogens (tertiary/aromatic N) is 1. The Morgan fingerprint density at radius 3 is 0.968 bits per heavy atom. The van der Waals surface area contributed by atoms with E-state index in [4.69, 9.17) is 9.79 Å². The standard InChI is InChI=1S/C12H3F10NO4P2S2/c13-1-3(15)7(19)11(8(20)4(1)16)23(28(24,30)27-29(25,26)31)12-9(21)5(17)2(14)6(18)10(12)22/h(H,24,30)(H2,25,26,31). The van der Waals surface area contributed by atoms with Gasteiger partial charge in [0.05, 0.1) is 0 Å². The minimum atomic E-state index is -5.85. The normalized spacial score (nSPS) is 14.0. The minimum Gasteiger partial charge on any atom is -0.329 e. The van der Waals surface area contributed by atoms with E-state index in [1.165, 1.54) is 0 Å². The van der Waals surface area contributed by atoms with Crippen molar-refractivity contribution >= 4 is 48.3 Å². The molecule has 0 heterocycles. The number of rotatable bonds is 5. The van der Waals surface area contributed by atoms with E-state index in [1.807, 2.05) is 0 Å². The SMILES string of the molecule is OP(O)(=S)OP(O)(=S)N(c1c(F)c(F)c(F)c(F)c1F)c1c(F)c(F)c(F)c(F)c1F. The summed E-state index contributed by atoms with van der Waals surface area (Å²) in [5.74, 6) is -28.6. The first-order valence-corrected chi connectivity index (χ1v) is 12.1. The van der Waals surface area contributed by atoms with Gasteiger partial charge in [0, 0.05) is 0 Å². The molecule has 5 nitrogen and oxygen atoms in total. The second kappa shape index (κ2) is 8.56. The quantitative estimate of drug-likeness (QED) is 0.220. The lowest BCUT2D eigenvalue weighted by Gasteiger charge is -2.33. The predicted molar refractivity (Wildman–Crippen MR) is 90.9 cm³/mol. The van der Waals surface area contributed by atoms with Gasteiger partial charge in [-0.1, -0.05) is 0 Å². The zero-order valence-corrected chi connectivity index (χ0v) is 17.1. The summed E-state index contributed by atoms with van der Waals surface area (Å²) in [5.41, 5.74) is -5.07. The van der Waals surface area contributed by atoms with E-state index in [2.05, 4.69) is 27.9 Å². The van der Waals surface area contributed by atoms with Gasteiger partial charge >= 0.3 is 6.72 Å². The highest BCUT2D eigenvalue weighted by Crippen LogP contribution is 2.64. The van der Waals surface area contributed by atoms with E-state index >= 15 is 0 Å². The third-order valence-corrected chi connectivity index (χ3v) is 7.56. The van der Waals surface area contributed by atoms with Crippen molar-refractivity contribution in [3.63, 3.8) is 0 Å². The molecule has 0 spiro atoms. The number of hydrogen-bond donors (Lipinski definition) is 3. The summed E-state index contributed by atoms with van der Waals surface area (Å²) in [6.45, 7) is -11.1. The van der Waals surface area contributed by atoms with Crippen LogP contribution in [0, 0.1) is 58.2 Å². The van der Waals surface area contributed by atoms with Crippen LogP contribution in [0.15, 0.2) is 0 Å². The second-order valence-corrected chi connectivity index (χ2v) is 11.1. The molecule has 172 valence electrons. The number of halogens is 10. The first kappa shape index (κ1) is 25.9. The molecule has 3 N–H and O–H groups in total. The van der Waals surface area contributed by atoms with Gasteiger partial charge in [0.2, 0.25) is 11.6 Å². The Kier molecular flexibility index (Phi) is 7.16. The Labute approximate surface area is 174 Å². The van der Waals surface area contributed by atoms with Crippen LogP contribution in [0.2, 0.25) is 0 Å². The van der Waals surface area contributed by atoms with E-state index in [1.54, 1.807) is 0 Å². The van der Waals surface area contributed by atoms with Gasteiger partial charge in [-0.25, -0.2) is 48.2 Å². The van der Waals surface area contributed by atoms with Gasteiger partial charge in [-0.15, -0.1) is 0 Å². The fraction of sp³-hybridized carbons (Fsp3) is 0. The maximum atomic E-state index is 14.2. The highest BCUT2D eigenvalue weighted by Gasteiger charge is 2.43. The predicted octanol–water partition coefficient (Wildman–Crippen LogP) is 4.66. The molecule has 2 aromatic rings. The van der Waals surface area contributed by atoms with E-state index in [0.29, 0.717) is 0 Å². The van der Waals surface area contributed by atoms with Crippen LogP contribution in [0.1, 0.15) is 0 Å². The third kappa shape index (κ3) is 4.59. The monoisotopic (exact) mass is 541 g/mol. The van der Waals surface area contributed by atoms with Crippen molar-refractivity contribution in [2.45, 2.75) is 0 Å². The van der Waals surface area contributed by atoms with Crippen molar-refractivity contribution < 1.29 is 62.9 Å². The van der Waals surface area contributed by atoms with Crippen LogP contribution in [0.3, 0.4) is 0 Å². The van der Waals surface area contributed by atoms with Gasteiger partial charge in [-0.3, -0.25) is 4.67 Å². The lowest BCUT2D eigenvalue weighted by molar-refractivity contribution is 0.357. The molecule has 0 saturated heterocycles. The van der Waals surface area contributed by atoms with E-state index in [-0.39, 0.29) is 0 Å². The van der Waals surface area contributed by atoms with Crippen LogP contribution in [0.25, 0.3) is 0 Å². The first-order chi connectivity index (χ1) is 13.9. The largest absolute Gasteiger partial charge is 0.329 e. The minimum absolute atomic E-state index is 1.18. The van der Waals surface area contributed by atoms with E-state index < -0.39 is 87.6 Å². The van der Waals surface area contributed by atoms with Crippen LogP contribution in [0.5, 0.6) is 0 Å². The Bertz CT molecular complexity index is 1070. The summed E-state index contributed by atoms with van der Waals surface area (Å²) >= 11 is 8.13. The Hall–Kier alpha value is -1.32. The molecule has 0 aliphatic carbocycles. The van der Waals surface area contributed by atoms with Crippen molar-refractivity contribution in [1.82, 2.24) is 0 Å². The fourth-order valence-electron chi connectivity index (χ4n) is 2.10. The van der Waals surface area contributed by atoms with Gasteiger partial charge in [-0.05, 0) is 23.6 Å². The smallest absolute Gasteiger partial charge is 0.328 e. The highest BCUT2D eigenvalue weighted by atomic mass is 32.5. The molecule has 1 atom stereocenters. The molecule has 19 heteroatoms. The summed E-state index contributed by atoms with van der Waals surface area (Å²) in [6, 6.07) is 0. The Balaban J connectivity index is 3.12. The van der Waals surface area contributed by atoms with Gasteiger partial charge in [0.25, 0.3) is 6.64 Å². The summed E-state index contributed by atoms with van der Waals surface area (Å²) in [4.78, 5) is 28.4. The Morgan fingerprint density at radius 1 is 0.516 bits per heavy atom. The number of hydrogen-bond acceptors (Lipinski definition) is 3. The molecule has 2 rings (SSSR count). The fourth-order valence-corrected chi connectivity index (χ4v) is 6.90. The van der Waals surface area contributed by atoms with Crippen molar-refractivity contribution in [2.75, 3.05) is 4.67 Å².